The highest BCUT2D eigenvalue weighted by Gasteiger charge is 2.12. The maximum absolute atomic E-state index is 11.9. The van der Waals surface area contributed by atoms with Crippen molar-refractivity contribution in [2.45, 2.75) is 33.4 Å². The van der Waals surface area contributed by atoms with Crippen molar-refractivity contribution >= 4 is 17.2 Å². The lowest BCUT2D eigenvalue weighted by atomic mass is 10.2. The van der Waals surface area contributed by atoms with Crippen LogP contribution in [0.3, 0.4) is 0 Å². The number of carbonyl (C=O) groups is 1. The summed E-state index contributed by atoms with van der Waals surface area (Å²) >= 11 is 1.55. The number of hydrogen-bond acceptors (Lipinski definition) is 4. The minimum Gasteiger partial charge on any atom is -0.486 e. The van der Waals surface area contributed by atoms with Crippen molar-refractivity contribution in [1.29, 1.82) is 0 Å². The molecule has 0 saturated heterocycles. The highest BCUT2D eigenvalue weighted by atomic mass is 32.1. The van der Waals surface area contributed by atoms with Crippen LogP contribution in [-0.2, 0) is 17.9 Å². The van der Waals surface area contributed by atoms with E-state index in [0.29, 0.717) is 26.1 Å². The molecule has 0 spiro atoms. The summed E-state index contributed by atoms with van der Waals surface area (Å²) in [6, 6.07) is 7.95. The van der Waals surface area contributed by atoms with Gasteiger partial charge in [0.1, 0.15) is 17.4 Å². The predicted molar refractivity (Wildman–Crippen MR) is 93.5 cm³/mol. The van der Waals surface area contributed by atoms with Gasteiger partial charge in [0.25, 0.3) is 0 Å². The van der Waals surface area contributed by atoms with Crippen LogP contribution < -0.4 is 4.74 Å². The fourth-order valence-corrected chi connectivity index (χ4v) is 2.86. The van der Waals surface area contributed by atoms with Gasteiger partial charge in [-0.1, -0.05) is 25.1 Å². The van der Waals surface area contributed by atoms with E-state index in [1.165, 1.54) is 5.56 Å². The molecule has 0 aliphatic heterocycles. The van der Waals surface area contributed by atoms with Crippen molar-refractivity contribution in [3.63, 3.8) is 0 Å². The van der Waals surface area contributed by atoms with Crippen LogP contribution in [0.1, 0.15) is 29.6 Å². The average Bonchev–Trinajstić information content (AvgIpc) is 2.99. The third kappa shape index (κ3) is 5.21. The molecule has 2 aromatic rings. The number of aryl methyl sites for hydroxylation is 1. The molecule has 0 fully saturated rings. The SMILES string of the molecule is C=CCN(Cc1csc(COc2cccc(C)c2)n1)C(=O)CC. The molecule has 0 aliphatic rings. The molecule has 1 heterocycles. The first-order valence-electron chi connectivity index (χ1n) is 7.63. The molecular weight excluding hydrogens is 308 g/mol. The molecule has 0 N–H and O–H groups in total. The monoisotopic (exact) mass is 330 g/mol. The number of hydrogen-bond donors (Lipinski definition) is 0. The zero-order valence-electron chi connectivity index (χ0n) is 13.6. The maximum Gasteiger partial charge on any atom is 0.222 e. The molecule has 23 heavy (non-hydrogen) atoms. The van der Waals surface area contributed by atoms with Crippen LogP contribution >= 0.6 is 11.3 Å². The van der Waals surface area contributed by atoms with E-state index in [9.17, 15) is 4.79 Å². The Morgan fingerprint density at radius 1 is 1.48 bits per heavy atom. The third-order valence-corrected chi connectivity index (χ3v) is 4.18. The molecule has 0 unspecified atom stereocenters. The summed E-state index contributed by atoms with van der Waals surface area (Å²) in [6.45, 7) is 9.10. The molecule has 0 saturated carbocycles. The Bertz CT molecular complexity index is 667. The second kappa shape index (κ2) is 8.48. The predicted octanol–water partition coefficient (Wildman–Crippen LogP) is 3.96. The van der Waals surface area contributed by atoms with Crippen molar-refractivity contribution in [3.8, 4) is 5.75 Å². The molecular formula is C18H22N2O2S. The lowest BCUT2D eigenvalue weighted by Gasteiger charge is -2.19. The second-order valence-electron chi connectivity index (χ2n) is 5.25. The number of ether oxygens (including phenoxy) is 1. The van der Waals surface area contributed by atoms with Gasteiger partial charge in [-0.2, -0.15) is 0 Å². The Kier molecular flexibility index (Phi) is 6.35. The van der Waals surface area contributed by atoms with Gasteiger partial charge >= 0.3 is 0 Å². The van der Waals surface area contributed by atoms with Gasteiger partial charge in [-0.05, 0) is 24.6 Å². The summed E-state index contributed by atoms with van der Waals surface area (Å²) in [4.78, 5) is 18.2. The number of aromatic nitrogens is 1. The Balaban J connectivity index is 1.94. The number of amides is 1. The van der Waals surface area contributed by atoms with Crippen LogP contribution in [0, 0.1) is 6.92 Å². The van der Waals surface area contributed by atoms with Crippen molar-refractivity contribution in [3.05, 3.63) is 58.6 Å². The Hall–Kier alpha value is -2.14. The highest BCUT2D eigenvalue weighted by Crippen LogP contribution is 2.17. The molecule has 1 aromatic heterocycles. The molecule has 5 heteroatoms. The second-order valence-corrected chi connectivity index (χ2v) is 6.20. The fraction of sp³-hybridized carbons (Fsp3) is 0.333. The van der Waals surface area contributed by atoms with Crippen molar-refractivity contribution in [1.82, 2.24) is 9.88 Å². The smallest absolute Gasteiger partial charge is 0.222 e. The summed E-state index contributed by atoms with van der Waals surface area (Å²) in [5.41, 5.74) is 2.06. The number of thiazole rings is 1. The normalized spacial score (nSPS) is 10.3. The van der Waals surface area contributed by atoms with E-state index in [4.69, 9.17) is 4.74 Å². The van der Waals surface area contributed by atoms with E-state index in [0.717, 1.165) is 16.5 Å². The quantitative estimate of drug-likeness (QED) is 0.688. The van der Waals surface area contributed by atoms with Gasteiger partial charge in [0.2, 0.25) is 5.91 Å². The van der Waals surface area contributed by atoms with Gasteiger partial charge in [0.05, 0.1) is 12.2 Å². The van der Waals surface area contributed by atoms with E-state index in [1.807, 2.05) is 43.5 Å². The van der Waals surface area contributed by atoms with Gasteiger partial charge in [-0.25, -0.2) is 4.98 Å². The lowest BCUT2D eigenvalue weighted by molar-refractivity contribution is -0.130. The molecule has 0 atom stereocenters. The minimum atomic E-state index is 0.107. The van der Waals surface area contributed by atoms with E-state index in [1.54, 1.807) is 22.3 Å². The minimum absolute atomic E-state index is 0.107. The molecule has 4 nitrogen and oxygen atoms in total. The van der Waals surface area contributed by atoms with Crippen molar-refractivity contribution in [2.75, 3.05) is 6.54 Å². The largest absolute Gasteiger partial charge is 0.486 e. The van der Waals surface area contributed by atoms with Gasteiger partial charge in [-0.3, -0.25) is 4.79 Å². The van der Waals surface area contributed by atoms with Gasteiger partial charge in [-0.15, -0.1) is 17.9 Å². The van der Waals surface area contributed by atoms with Crippen molar-refractivity contribution in [2.24, 2.45) is 0 Å². The number of rotatable bonds is 8. The zero-order valence-corrected chi connectivity index (χ0v) is 14.4. The summed E-state index contributed by atoms with van der Waals surface area (Å²) in [5.74, 6) is 0.951. The maximum atomic E-state index is 11.9. The van der Waals surface area contributed by atoms with E-state index in [2.05, 4.69) is 11.6 Å². The molecule has 2 rings (SSSR count). The van der Waals surface area contributed by atoms with E-state index in [-0.39, 0.29) is 5.91 Å². The molecule has 122 valence electrons. The number of benzene rings is 1. The van der Waals surface area contributed by atoms with Crippen LogP contribution in [-0.4, -0.2) is 22.3 Å². The summed E-state index contributed by atoms with van der Waals surface area (Å²) in [5, 5.41) is 2.89. The zero-order chi connectivity index (χ0) is 16.7. The molecule has 1 amide bonds. The average molecular weight is 330 g/mol. The van der Waals surface area contributed by atoms with E-state index < -0.39 is 0 Å². The fourth-order valence-electron chi connectivity index (χ4n) is 2.17. The number of carbonyl (C=O) groups excluding carboxylic acids is 1. The van der Waals surface area contributed by atoms with Crippen LogP contribution in [0.2, 0.25) is 0 Å². The van der Waals surface area contributed by atoms with Crippen LogP contribution in [0.5, 0.6) is 5.75 Å². The van der Waals surface area contributed by atoms with Crippen LogP contribution in [0.4, 0.5) is 0 Å². The van der Waals surface area contributed by atoms with Crippen LogP contribution in [0.25, 0.3) is 0 Å². The van der Waals surface area contributed by atoms with Crippen molar-refractivity contribution < 1.29 is 9.53 Å². The first-order valence-corrected chi connectivity index (χ1v) is 8.51. The summed E-state index contributed by atoms with van der Waals surface area (Å²) in [7, 11) is 0. The standard InChI is InChI=1S/C18H22N2O2S/c1-4-9-20(18(21)5-2)11-15-13-23-17(19-15)12-22-16-8-6-7-14(3)10-16/h4,6-8,10,13H,1,5,9,11-12H2,2-3H3. The Morgan fingerprint density at radius 2 is 2.30 bits per heavy atom. The number of nitrogens with zero attached hydrogens (tertiary/aromatic N) is 2. The molecule has 0 aliphatic carbocycles. The van der Waals surface area contributed by atoms with Crippen LogP contribution in [0.15, 0.2) is 42.3 Å². The summed E-state index contributed by atoms with van der Waals surface area (Å²) in [6.07, 6.45) is 2.23. The highest BCUT2D eigenvalue weighted by molar-refractivity contribution is 7.09. The van der Waals surface area contributed by atoms with Gasteiger partial charge < -0.3 is 9.64 Å². The van der Waals surface area contributed by atoms with E-state index >= 15 is 0 Å². The Morgan fingerprint density at radius 3 is 3.00 bits per heavy atom. The first kappa shape index (κ1) is 17.2. The van der Waals surface area contributed by atoms with Gasteiger partial charge in [0, 0.05) is 18.3 Å². The van der Waals surface area contributed by atoms with Gasteiger partial charge in [0.15, 0.2) is 0 Å². The third-order valence-electron chi connectivity index (χ3n) is 3.31. The molecule has 1 aromatic carbocycles. The first-order chi connectivity index (χ1) is 11.1. The molecule has 0 bridgehead atoms. The lowest BCUT2D eigenvalue weighted by Crippen LogP contribution is -2.30. The summed E-state index contributed by atoms with van der Waals surface area (Å²) < 4.78 is 5.76. The topological polar surface area (TPSA) is 42.4 Å². The Labute approximate surface area is 141 Å². The molecule has 0 radical (unpaired) electrons.